The maximum Gasteiger partial charge on any atom is 0.224 e. The molecule has 3 rings (SSSR count). The Balaban J connectivity index is 1.63. The summed E-state index contributed by atoms with van der Waals surface area (Å²) in [7, 11) is 1.91. The zero-order valence-corrected chi connectivity index (χ0v) is 14.6. The van der Waals surface area contributed by atoms with Crippen LogP contribution in [0.15, 0.2) is 34.9 Å². The highest BCUT2D eigenvalue weighted by Gasteiger charge is 2.44. The molecule has 0 radical (unpaired) electrons. The Hall–Kier alpha value is -1.62. The predicted octanol–water partition coefficient (Wildman–Crippen LogP) is 3.47. The van der Waals surface area contributed by atoms with Crippen LogP contribution < -0.4 is 5.32 Å². The van der Waals surface area contributed by atoms with E-state index in [-0.39, 0.29) is 17.9 Å². The molecule has 1 saturated carbocycles. The summed E-state index contributed by atoms with van der Waals surface area (Å²) in [6.45, 7) is 4.03. The van der Waals surface area contributed by atoms with E-state index < -0.39 is 0 Å². The first kappa shape index (κ1) is 15.3. The second-order valence-electron chi connectivity index (χ2n) is 6.04. The molecule has 22 heavy (non-hydrogen) atoms. The van der Waals surface area contributed by atoms with Crippen molar-refractivity contribution in [2.24, 2.45) is 13.0 Å². The van der Waals surface area contributed by atoms with Crippen LogP contribution in [0.5, 0.6) is 0 Å². The molecule has 2 aromatic rings. The summed E-state index contributed by atoms with van der Waals surface area (Å²) < 4.78 is 2.90. The molecule has 1 heterocycles. The van der Waals surface area contributed by atoms with Crippen molar-refractivity contribution in [2.75, 3.05) is 0 Å². The van der Waals surface area contributed by atoms with Crippen molar-refractivity contribution in [2.45, 2.75) is 32.2 Å². The number of carbonyl (C=O) groups excluding carboxylic acids is 1. The first-order valence-corrected chi connectivity index (χ1v) is 8.31. The molecule has 5 heteroatoms. The Bertz CT molecular complexity index is 710. The number of aromatic nitrogens is 2. The third-order valence-corrected chi connectivity index (χ3v) is 5.00. The number of carbonyl (C=O) groups is 1. The number of benzene rings is 1. The van der Waals surface area contributed by atoms with E-state index in [9.17, 15) is 4.79 Å². The summed E-state index contributed by atoms with van der Waals surface area (Å²) in [6, 6.07) is 8.22. The van der Waals surface area contributed by atoms with Crippen molar-refractivity contribution in [3.05, 3.63) is 51.8 Å². The number of halogens is 1. The van der Waals surface area contributed by atoms with Gasteiger partial charge in [-0.1, -0.05) is 28.1 Å². The van der Waals surface area contributed by atoms with Crippen LogP contribution in [0, 0.1) is 12.8 Å². The summed E-state index contributed by atoms with van der Waals surface area (Å²) in [5, 5.41) is 7.36. The summed E-state index contributed by atoms with van der Waals surface area (Å²) in [5.74, 6) is 0.578. The first-order valence-electron chi connectivity index (χ1n) is 7.51. The van der Waals surface area contributed by atoms with Crippen LogP contribution in [0.1, 0.15) is 42.1 Å². The molecular weight excluding hydrogens is 342 g/mol. The maximum atomic E-state index is 12.4. The van der Waals surface area contributed by atoms with Gasteiger partial charge in [-0.05, 0) is 43.9 Å². The average molecular weight is 362 g/mol. The van der Waals surface area contributed by atoms with E-state index in [0.717, 1.165) is 22.2 Å². The number of nitrogens with zero attached hydrogens (tertiary/aromatic N) is 2. The number of hydrogen-bond acceptors (Lipinski definition) is 2. The molecule has 0 unspecified atom stereocenters. The van der Waals surface area contributed by atoms with Crippen LogP contribution in [0.2, 0.25) is 0 Å². The molecule has 0 aliphatic heterocycles. The fourth-order valence-electron chi connectivity index (χ4n) is 2.93. The van der Waals surface area contributed by atoms with E-state index in [1.54, 1.807) is 0 Å². The molecule has 1 N–H and O–H groups in total. The van der Waals surface area contributed by atoms with Gasteiger partial charge in [-0.2, -0.15) is 5.10 Å². The van der Waals surface area contributed by atoms with E-state index in [4.69, 9.17) is 0 Å². The summed E-state index contributed by atoms with van der Waals surface area (Å²) in [4.78, 5) is 12.4. The highest BCUT2D eigenvalue weighted by Crippen LogP contribution is 2.48. The summed E-state index contributed by atoms with van der Waals surface area (Å²) in [6.07, 6.45) is 2.76. The van der Waals surface area contributed by atoms with Crippen LogP contribution in [0.4, 0.5) is 0 Å². The Labute approximate surface area is 139 Å². The molecule has 1 aliphatic rings. The molecule has 0 spiro atoms. The monoisotopic (exact) mass is 361 g/mol. The van der Waals surface area contributed by atoms with Gasteiger partial charge in [0.2, 0.25) is 5.91 Å². The van der Waals surface area contributed by atoms with Crippen LogP contribution in [0.25, 0.3) is 0 Å². The second-order valence-corrected chi connectivity index (χ2v) is 6.96. The molecule has 0 bridgehead atoms. The number of aryl methyl sites for hydroxylation is 1. The maximum absolute atomic E-state index is 12.4. The molecule has 116 valence electrons. The minimum Gasteiger partial charge on any atom is -0.349 e. The fourth-order valence-corrected chi connectivity index (χ4v) is 3.35. The first-order chi connectivity index (χ1) is 10.5. The Kier molecular flexibility index (Phi) is 4.08. The van der Waals surface area contributed by atoms with Crippen LogP contribution in [0.3, 0.4) is 0 Å². The van der Waals surface area contributed by atoms with Gasteiger partial charge in [-0.25, -0.2) is 0 Å². The smallest absolute Gasteiger partial charge is 0.224 e. The Morgan fingerprint density at radius 3 is 2.91 bits per heavy atom. The lowest BCUT2D eigenvalue weighted by atomic mass is 10.1. The topological polar surface area (TPSA) is 46.9 Å². The molecule has 1 aliphatic carbocycles. The van der Waals surface area contributed by atoms with E-state index in [1.165, 1.54) is 5.56 Å². The van der Waals surface area contributed by atoms with Gasteiger partial charge in [0.1, 0.15) is 0 Å². The molecule has 0 saturated heterocycles. The molecular formula is C17H20BrN3O. The minimum absolute atomic E-state index is 0.00930. The quantitative estimate of drug-likeness (QED) is 0.905. The largest absolute Gasteiger partial charge is 0.349 e. The van der Waals surface area contributed by atoms with Crippen molar-refractivity contribution in [3.63, 3.8) is 0 Å². The number of rotatable bonds is 4. The SMILES string of the molecule is Cc1c([C@H](C)NC(=O)[C@@H]2C[C@@H]2c2cccc(Br)c2)cnn1C. The summed E-state index contributed by atoms with van der Waals surface area (Å²) in [5.41, 5.74) is 3.40. The normalized spacial score (nSPS) is 21.5. The minimum atomic E-state index is -0.00930. The predicted molar refractivity (Wildman–Crippen MR) is 89.5 cm³/mol. The number of nitrogens with one attached hydrogen (secondary N) is 1. The fraction of sp³-hybridized carbons (Fsp3) is 0.412. The molecule has 3 atom stereocenters. The zero-order chi connectivity index (χ0) is 15.9. The Morgan fingerprint density at radius 2 is 2.27 bits per heavy atom. The second kappa shape index (κ2) is 5.88. The van der Waals surface area contributed by atoms with E-state index in [1.807, 2.05) is 43.9 Å². The van der Waals surface area contributed by atoms with Gasteiger partial charge in [-0.3, -0.25) is 9.48 Å². The summed E-state index contributed by atoms with van der Waals surface area (Å²) >= 11 is 3.49. The molecule has 1 amide bonds. The highest BCUT2D eigenvalue weighted by atomic mass is 79.9. The van der Waals surface area contributed by atoms with Crippen molar-refractivity contribution in [1.82, 2.24) is 15.1 Å². The average Bonchev–Trinajstić information content (AvgIpc) is 3.21. The van der Waals surface area contributed by atoms with Crippen molar-refractivity contribution >= 4 is 21.8 Å². The number of hydrogen-bond donors (Lipinski definition) is 1. The van der Waals surface area contributed by atoms with E-state index >= 15 is 0 Å². The third kappa shape index (κ3) is 2.95. The molecule has 4 nitrogen and oxygen atoms in total. The van der Waals surface area contributed by atoms with Crippen molar-refractivity contribution < 1.29 is 4.79 Å². The van der Waals surface area contributed by atoms with Gasteiger partial charge < -0.3 is 5.32 Å². The lowest BCUT2D eigenvalue weighted by molar-refractivity contribution is -0.123. The molecule has 1 aromatic carbocycles. The number of amides is 1. The van der Waals surface area contributed by atoms with Crippen LogP contribution in [-0.2, 0) is 11.8 Å². The van der Waals surface area contributed by atoms with E-state index in [2.05, 4.69) is 38.5 Å². The van der Waals surface area contributed by atoms with Crippen LogP contribution in [-0.4, -0.2) is 15.7 Å². The lowest BCUT2D eigenvalue weighted by Crippen LogP contribution is -2.28. The van der Waals surface area contributed by atoms with E-state index in [0.29, 0.717) is 5.92 Å². The standard InChI is InChI=1S/C17H20BrN3O/c1-10(16-9-19-21(3)11(16)2)20-17(22)15-8-14(15)12-5-4-6-13(18)7-12/h4-7,9-10,14-15H,8H2,1-3H3,(H,20,22)/t10-,14+,15+/m0/s1. The molecule has 1 aromatic heterocycles. The van der Waals surface area contributed by atoms with Gasteiger partial charge in [0, 0.05) is 28.7 Å². The third-order valence-electron chi connectivity index (χ3n) is 4.50. The Morgan fingerprint density at radius 1 is 1.50 bits per heavy atom. The van der Waals surface area contributed by atoms with Gasteiger partial charge in [0.25, 0.3) is 0 Å². The molecule has 1 fully saturated rings. The van der Waals surface area contributed by atoms with Crippen molar-refractivity contribution in [3.8, 4) is 0 Å². The highest BCUT2D eigenvalue weighted by molar-refractivity contribution is 9.10. The van der Waals surface area contributed by atoms with Crippen molar-refractivity contribution in [1.29, 1.82) is 0 Å². The zero-order valence-electron chi connectivity index (χ0n) is 13.0. The van der Waals surface area contributed by atoms with Crippen LogP contribution >= 0.6 is 15.9 Å². The van der Waals surface area contributed by atoms with Gasteiger partial charge in [0.15, 0.2) is 0 Å². The van der Waals surface area contributed by atoms with Gasteiger partial charge >= 0.3 is 0 Å². The lowest BCUT2D eigenvalue weighted by Gasteiger charge is -2.14. The van der Waals surface area contributed by atoms with Gasteiger partial charge in [-0.15, -0.1) is 0 Å². The van der Waals surface area contributed by atoms with Gasteiger partial charge in [0.05, 0.1) is 12.2 Å².